The summed E-state index contributed by atoms with van der Waals surface area (Å²) in [6, 6.07) is 15.7. The van der Waals surface area contributed by atoms with E-state index in [0.717, 1.165) is 31.2 Å². The topological polar surface area (TPSA) is 57.7 Å². The number of amides is 1. The number of sulfonamides is 1. The second kappa shape index (κ2) is 10.0. The molecule has 170 valence electrons. The van der Waals surface area contributed by atoms with Gasteiger partial charge in [-0.25, -0.2) is 8.42 Å². The van der Waals surface area contributed by atoms with Gasteiger partial charge in [0.1, 0.15) is 0 Å². The Labute approximate surface area is 191 Å². The number of hydrogen-bond donors (Lipinski definition) is 0. The van der Waals surface area contributed by atoms with Crippen molar-refractivity contribution in [3.8, 4) is 0 Å². The summed E-state index contributed by atoms with van der Waals surface area (Å²) < 4.78 is 27.9. The fraction of sp³-hybridized carbons (Fsp3) is 0.423. The van der Waals surface area contributed by atoms with Crippen LogP contribution in [-0.2, 0) is 34.1 Å². The molecule has 5 nitrogen and oxygen atoms in total. The zero-order valence-electron chi connectivity index (χ0n) is 18.6. The molecule has 1 fully saturated rings. The number of rotatable bonds is 8. The van der Waals surface area contributed by atoms with Gasteiger partial charge in [0.05, 0.1) is 4.90 Å². The predicted octanol–water partition coefficient (Wildman–Crippen LogP) is 3.83. The van der Waals surface area contributed by atoms with Gasteiger partial charge in [-0.2, -0.15) is 4.31 Å². The van der Waals surface area contributed by atoms with Crippen LogP contribution in [0.25, 0.3) is 0 Å². The van der Waals surface area contributed by atoms with Crippen molar-refractivity contribution >= 4 is 15.9 Å². The van der Waals surface area contributed by atoms with E-state index in [9.17, 15) is 13.2 Å². The smallest absolute Gasteiger partial charge is 0.243 e. The number of fused-ring (bicyclic) bond motifs is 1. The maximum Gasteiger partial charge on any atom is 0.243 e. The fourth-order valence-corrected chi connectivity index (χ4v) is 6.34. The molecule has 0 spiro atoms. The van der Waals surface area contributed by atoms with Gasteiger partial charge in [0.25, 0.3) is 0 Å². The van der Waals surface area contributed by atoms with Crippen molar-refractivity contribution < 1.29 is 13.2 Å². The third kappa shape index (κ3) is 4.97. The van der Waals surface area contributed by atoms with Crippen LogP contribution >= 0.6 is 0 Å². The van der Waals surface area contributed by atoms with E-state index in [-0.39, 0.29) is 11.8 Å². The van der Waals surface area contributed by atoms with Crippen molar-refractivity contribution in [2.75, 3.05) is 26.2 Å². The first-order chi connectivity index (χ1) is 15.5. The quantitative estimate of drug-likeness (QED) is 0.572. The molecular formula is C26H32N2O3S. The molecule has 0 unspecified atom stereocenters. The zero-order valence-corrected chi connectivity index (χ0v) is 19.4. The van der Waals surface area contributed by atoms with Crippen molar-refractivity contribution in [2.24, 2.45) is 5.92 Å². The van der Waals surface area contributed by atoms with Crippen LogP contribution in [0.1, 0.15) is 36.0 Å². The Morgan fingerprint density at radius 1 is 1.06 bits per heavy atom. The van der Waals surface area contributed by atoms with Crippen LogP contribution in [0.3, 0.4) is 0 Å². The number of hydrogen-bond acceptors (Lipinski definition) is 3. The molecule has 1 amide bonds. The Morgan fingerprint density at radius 2 is 1.78 bits per heavy atom. The third-order valence-electron chi connectivity index (χ3n) is 6.69. The molecular weight excluding hydrogens is 420 g/mol. The Bertz CT molecular complexity index is 1060. The summed E-state index contributed by atoms with van der Waals surface area (Å²) in [7, 11) is -3.52. The minimum Gasteiger partial charge on any atom is -0.338 e. The van der Waals surface area contributed by atoms with Crippen LogP contribution in [0, 0.1) is 5.92 Å². The van der Waals surface area contributed by atoms with E-state index >= 15 is 0 Å². The first kappa shape index (κ1) is 22.7. The summed E-state index contributed by atoms with van der Waals surface area (Å²) in [6.07, 6.45) is 6.76. The van der Waals surface area contributed by atoms with Gasteiger partial charge in [0, 0.05) is 32.1 Å². The Hall–Kier alpha value is -2.44. The molecule has 2 aliphatic rings. The highest BCUT2D eigenvalue weighted by atomic mass is 32.2. The van der Waals surface area contributed by atoms with Crippen LogP contribution in [0.5, 0.6) is 0 Å². The maximum atomic E-state index is 13.2. The first-order valence-corrected chi connectivity index (χ1v) is 13.0. The molecule has 2 aromatic carbocycles. The van der Waals surface area contributed by atoms with Gasteiger partial charge in [0.15, 0.2) is 0 Å². The molecule has 0 radical (unpaired) electrons. The average molecular weight is 453 g/mol. The van der Waals surface area contributed by atoms with E-state index < -0.39 is 10.0 Å². The Balaban J connectivity index is 1.37. The molecule has 0 atom stereocenters. The van der Waals surface area contributed by atoms with Gasteiger partial charge in [0.2, 0.25) is 15.9 Å². The van der Waals surface area contributed by atoms with Gasteiger partial charge < -0.3 is 4.90 Å². The molecule has 0 aromatic heterocycles. The predicted molar refractivity (Wildman–Crippen MR) is 127 cm³/mol. The lowest BCUT2D eigenvalue weighted by Gasteiger charge is -2.33. The van der Waals surface area contributed by atoms with E-state index in [2.05, 4.69) is 18.7 Å². The second-order valence-corrected chi connectivity index (χ2v) is 10.7. The van der Waals surface area contributed by atoms with Crippen LogP contribution in [0.2, 0.25) is 0 Å². The number of aryl methyl sites for hydroxylation is 2. The van der Waals surface area contributed by atoms with E-state index in [4.69, 9.17) is 0 Å². The second-order valence-electron chi connectivity index (χ2n) is 8.77. The summed E-state index contributed by atoms with van der Waals surface area (Å²) in [5.41, 5.74) is 3.63. The summed E-state index contributed by atoms with van der Waals surface area (Å²) in [6.45, 7) is 5.73. The van der Waals surface area contributed by atoms with E-state index in [1.165, 1.54) is 11.1 Å². The number of piperidine rings is 1. The highest BCUT2D eigenvalue weighted by molar-refractivity contribution is 7.89. The van der Waals surface area contributed by atoms with Crippen molar-refractivity contribution in [1.29, 1.82) is 0 Å². The Kier molecular flexibility index (Phi) is 7.11. The molecule has 0 bridgehead atoms. The van der Waals surface area contributed by atoms with Crippen molar-refractivity contribution in [2.45, 2.75) is 43.4 Å². The Morgan fingerprint density at radius 3 is 2.50 bits per heavy atom. The van der Waals surface area contributed by atoms with Gasteiger partial charge in [-0.3, -0.25) is 4.79 Å². The molecule has 32 heavy (non-hydrogen) atoms. The van der Waals surface area contributed by atoms with Gasteiger partial charge >= 0.3 is 0 Å². The third-order valence-corrected chi connectivity index (χ3v) is 8.58. The highest BCUT2D eigenvalue weighted by Crippen LogP contribution is 2.29. The molecule has 1 aliphatic carbocycles. The zero-order chi connectivity index (χ0) is 22.6. The van der Waals surface area contributed by atoms with Crippen LogP contribution in [-0.4, -0.2) is 49.7 Å². The minimum atomic E-state index is -3.52. The van der Waals surface area contributed by atoms with E-state index in [1.807, 2.05) is 35.2 Å². The molecule has 1 saturated heterocycles. The molecule has 6 heteroatoms. The molecule has 4 rings (SSSR count). The highest BCUT2D eigenvalue weighted by Gasteiger charge is 2.34. The SMILES string of the molecule is C=CCN(CCc1ccccc1)C(=O)C1CCN(S(=O)(=O)c2ccc3c(c2)CCC3)CC1. The van der Waals surface area contributed by atoms with Crippen LogP contribution < -0.4 is 0 Å². The number of nitrogens with zero attached hydrogens (tertiary/aromatic N) is 2. The molecule has 1 aliphatic heterocycles. The maximum absolute atomic E-state index is 13.2. The molecule has 0 saturated carbocycles. The van der Waals surface area contributed by atoms with Gasteiger partial charge in [-0.05, 0) is 67.3 Å². The number of carbonyl (C=O) groups is 1. The summed E-state index contributed by atoms with van der Waals surface area (Å²) in [5.74, 6) is -0.0346. The molecule has 1 heterocycles. The van der Waals surface area contributed by atoms with Gasteiger partial charge in [-0.1, -0.05) is 42.5 Å². The van der Waals surface area contributed by atoms with Crippen molar-refractivity contribution in [3.05, 3.63) is 77.9 Å². The number of carbonyl (C=O) groups excluding carboxylic acids is 1. The summed E-state index contributed by atoms with van der Waals surface area (Å²) in [5, 5.41) is 0. The monoisotopic (exact) mass is 452 g/mol. The van der Waals surface area contributed by atoms with Gasteiger partial charge in [-0.15, -0.1) is 6.58 Å². The fourth-order valence-electron chi connectivity index (χ4n) is 4.82. The first-order valence-electron chi connectivity index (χ1n) is 11.5. The minimum absolute atomic E-state index is 0.107. The summed E-state index contributed by atoms with van der Waals surface area (Å²) >= 11 is 0. The molecule has 2 aromatic rings. The van der Waals surface area contributed by atoms with Crippen molar-refractivity contribution in [1.82, 2.24) is 9.21 Å². The number of benzene rings is 2. The van der Waals surface area contributed by atoms with Crippen LogP contribution in [0.4, 0.5) is 0 Å². The standard InChI is InChI=1S/C26H32N2O3S/c1-2-16-27(17-13-21-7-4-3-5-8-21)26(29)23-14-18-28(19-15-23)32(30,31)25-12-11-22-9-6-10-24(22)20-25/h2-5,7-8,11-12,20,23H,1,6,9-10,13-19H2. The lowest BCUT2D eigenvalue weighted by atomic mass is 9.96. The average Bonchev–Trinajstić information content (AvgIpc) is 3.30. The summed E-state index contributed by atoms with van der Waals surface area (Å²) in [4.78, 5) is 15.4. The lowest BCUT2D eigenvalue weighted by Crippen LogP contribution is -2.45. The van der Waals surface area contributed by atoms with Crippen molar-refractivity contribution in [3.63, 3.8) is 0 Å². The van der Waals surface area contributed by atoms with E-state index in [0.29, 0.717) is 43.9 Å². The van der Waals surface area contributed by atoms with Crippen LogP contribution in [0.15, 0.2) is 66.1 Å². The lowest BCUT2D eigenvalue weighted by molar-refractivity contribution is -0.136. The molecule has 0 N–H and O–H groups in total. The normalized spacial score (nSPS) is 17.1. The largest absolute Gasteiger partial charge is 0.338 e. The van der Waals surface area contributed by atoms with E-state index in [1.54, 1.807) is 16.4 Å².